The number of aliphatic imine (C=N–C) groups is 1. The van der Waals surface area contributed by atoms with E-state index in [2.05, 4.69) is 53.0 Å². The molecule has 144 valence electrons. The van der Waals surface area contributed by atoms with Gasteiger partial charge in [-0.15, -0.1) is 0 Å². The van der Waals surface area contributed by atoms with Crippen molar-refractivity contribution in [1.82, 2.24) is 16.0 Å². The van der Waals surface area contributed by atoms with Crippen LogP contribution in [0.25, 0.3) is 0 Å². The first-order valence-electron chi connectivity index (χ1n) is 9.95. The molecule has 5 nitrogen and oxygen atoms in total. The molecule has 1 unspecified atom stereocenters. The molecular weight excluding hydrogens is 324 g/mol. The molecule has 0 bridgehead atoms. The topological polar surface area (TPSA) is 65.5 Å². The van der Waals surface area contributed by atoms with Crippen LogP contribution in [0, 0.1) is 5.92 Å². The molecule has 1 aromatic carbocycles. The number of guanidine groups is 1. The Balaban J connectivity index is 1.93. The Kier molecular flexibility index (Phi) is 7.95. The number of amides is 1. The normalized spacial score (nSPS) is 15.3. The molecule has 0 saturated heterocycles. The molecule has 0 saturated carbocycles. The van der Waals surface area contributed by atoms with E-state index >= 15 is 0 Å². The highest BCUT2D eigenvalue weighted by Gasteiger charge is 2.13. The zero-order chi connectivity index (χ0) is 18.9. The summed E-state index contributed by atoms with van der Waals surface area (Å²) in [5.41, 5.74) is 4.30. The average Bonchev–Trinajstić information content (AvgIpc) is 2.64. The maximum atomic E-state index is 11.6. The molecule has 5 heteroatoms. The van der Waals surface area contributed by atoms with Gasteiger partial charge in [0.05, 0.1) is 12.6 Å². The van der Waals surface area contributed by atoms with Crippen molar-refractivity contribution in [2.45, 2.75) is 59.4 Å². The van der Waals surface area contributed by atoms with Gasteiger partial charge in [-0.1, -0.05) is 32.0 Å². The van der Waals surface area contributed by atoms with Crippen molar-refractivity contribution in [3.63, 3.8) is 0 Å². The number of benzene rings is 1. The van der Waals surface area contributed by atoms with Crippen molar-refractivity contribution in [2.75, 3.05) is 19.6 Å². The van der Waals surface area contributed by atoms with Crippen molar-refractivity contribution in [1.29, 1.82) is 0 Å². The predicted molar refractivity (Wildman–Crippen MR) is 108 cm³/mol. The Bertz CT molecular complexity index is 624. The van der Waals surface area contributed by atoms with Gasteiger partial charge in [0, 0.05) is 19.0 Å². The third-order valence-electron chi connectivity index (χ3n) is 4.78. The van der Waals surface area contributed by atoms with Gasteiger partial charge in [0.15, 0.2) is 5.96 Å². The molecule has 0 aliphatic heterocycles. The monoisotopic (exact) mass is 358 g/mol. The highest BCUT2D eigenvalue weighted by molar-refractivity contribution is 5.80. The lowest BCUT2D eigenvalue weighted by molar-refractivity contribution is -0.123. The Hall–Kier alpha value is -2.04. The van der Waals surface area contributed by atoms with Crippen molar-refractivity contribution in [3.05, 3.63) is 34.9 Å². The number of aryl methyl sites for hydroxylation is 2. The van der Waals surface area contributed by atoms with Crippen molar-refractivity contribution >= 4 is 11.9 Å². The smallest absolute Gasteiger partial charge is 0.222 e. The van der Waals surface area contributed by atoms with Crippen LogP contribution in [0.15, 0.2) is 23.2 Å². The first kappa shape index (κ1) is 20.3. The van der Waals surface area contributed by atoms with Crippen molar-refractivity contribution in [2.24, 2.45) is 10.9 Å². The van der Waals surface area contributed by atoms with Gasteiger partial charge < -0.3 is 16.0 Å². The van der Waals surface area contributed by atoms with E-state index in [1.165, 1.54) is 42.4 Å². The Labute approximate surface area is 158 Å². The Morgan fingerprint density at radius 3 is 2.54 bits per heavy atom. The third-order valence-corrected chi connectivity index (χ3v) is 4.78. The second-order valence-corrected chi connectivity index (χ2v) is 7.31. The number of fused-ring (bicyclic) bond motifs is 1. The van der Waals surface area contributed by atoms with Crippen molar-refractivity contribution < 1.29 is 4.79 Å². The van der Waals surface area contributed by atoms with E-state index < -0.39 is 0 Å². The summed E-state index contributed by atoms with van der Waals surface area (Å²) in [6, 6.07) is 7.05. The average molecular weight is 359 g/mol. The lowest BCUT2D eigenvalue weighted by Gasteiger charge is -2.21. The number of rotatable bonds is 7. The van der Waals surface area contributed by atoms with Gasteiger partial charge in [-0.3, -0.25) is 9.79 Å². The molecule has 0 radical (unpaired) electrons. The van der Waals surface area contributed by atoms with Crippen LogP contribution in [0.4, 0.5) is 0 Å². The second kappa shape index (κ2) is 10.2. The lowest BCUT2D eigenvalue weighted by atomic mass is 9.89. The first-order valence-corrected chi connectivity index (χ1v) is 9.95. The summed E-state index contributed by atoms with van der Waals surface area (Å²) in [6.07, 6.45) is 5.01. The van der Waals surface area contributed by atoms with Gasteiger partial charge >= 0.3 is 0 Å². The van der Waals surface area contributed by atoms with Crippen LogP contribution in [0.3, 0.4) is 0 Å². The minimum absolute atomic E-state index is 0.00868. The van der Waals surface area contributed by atoms with Gasteiger partial charge in [-0.2, -0.15) is 0 Å². The van der Waals surface area contributed by atoms with Crippen LogP contribution < -0.4 is 16.0 Å². The summed E-state index contributed by atoms with van der Waals surface area (Å²) in [4.78, 5) is 16.2. The largest absolute Gasteiger partial charge is 0.357 e. The minimum atomic E-state index is 0.00868. The van der Waals surface area contributed by atoms with Gasteiger partial charge in [-0.25, -0.2) is 0 Å². The predicted octanol–water partition coefficient (Wildman–Crippen LogP) is 2.95. The van der Waals surface area contributed by atoms with Crippen LogP contribution in [-0.4, -0.2) is 31.5 Å². The molecule has 0 fully saturated rings. The third kappa shape index (κ3) is 6.04. The molecule has 0 heterocycles. The van der Waals surface area contributed by atoms with Crippen LogP contribution in [-0.2, 0) is 17.6 Å². The molecule has 1 amide bonds. The van der Waals surface area contributed by atoms with E-state index in [0.717, 1.165) is 12.5 Å². The molecule has 0 aromatic heterocycles. The van der Waals surface area contributed by atoms with E-state index in [9.17, 15) is 4.79 Å². The number of hydrogen-bond donors (Lipinski definition) is 3. The Morgan fingerprint density at radius 1 is 1.12 bits per heavy atom. The zero-order valence-corrected chi connectivity index (χ0v) is 16.7. The number of carbonyl (C=O) groups excluding carboxylic acids is 1. The molecule has 0 spiro atoms. The van der Waals surface area contributed by atoms with E-state index in [4.69, 9.17) is 0 Å². The highest BCUT2D eigenvalue weighted by Crippen LogP contribution is 2.24. The molecule has 1 aliphatic rings. The number of hydrogen-bond acceptors (Lipinski definition) is 2. The number of nitrogens with zero attached hydrogens (tertiary/aromatic N) is 1. The van der Waals surface area contributed by atoms with E-state index in [1.54, 1.807) is 0 Å². The maximum Gasteiger partial charge on any atom is 0.222 e. The summed E-state index contributed by atoms with van der Waals surface area (Å²) >= 11 is 0. The summed E-state index contributed by atoms with van der Waals surface area (Å²) in [7, 11) is 0. The van der Waals surface area contributed by atoms with Gasteiger partial charge in [-0.05, 0) is 56.2 Å². The van der Waals surface area contributed by atoms with Crippen LogP contribution in [0.5, 0.6) is 0 Å². The standard InChI is InChI=1S/C21H34N4O/c1-5-22-21(24-13-12-23-20(26)15(2)3)25-16(4)18-11-10-17-8-6-7-9-19(17)14-18/h10-11,14-16H,5-9,12-13H2,1-4H3,(H,23,26)(H2,22,24,25). The molecule has 3 N–H and O–H groups in total. The summed E-state index contributed by atoms with van der Waals surface area (Å²) in [5.74, 6) is 0.867. The summed E-state index contributed by atoms with van der Waals surface area (Å²) in [5, 5.41) is 9.66. The van der Waals surface area contributed by atoms with Crippen LogP contribution in [0.1, 0.15) is 63.3 Å². The Morgan fingerprint density at radius 2 is 1.85 bits per heavy atom. The molecule has 2 rings (SSSR count). The molecule has 26 heavy (non-hydrogen) atoms. The molecule has 1 atom stereocenters. The minimum Gasteiger partial charge on any atom is -0.357 e. The lowest BCUT2D eigenvalue weighted by Crippen LogP contribution is -2.39. The number of carbonyl (C=O) groups is 1. The summed E-state index contributed by atoms with van der Waals surface area (Å²) in [6.45, 7) is 9.93. The fourth-order valence-corrected chi connectivity index (χ4v) is 3.18. The van der Waals surface area contributed by atoms with Gasteiger partial charge in [0.2, 0.25) is 5.91 Å². The first-order chi connectivity index (χ1) is 12.5. The van der Waals surface area contributed by atoms with Crippen LogP contribution >= 0.6 is 0 Å². The van der Waals surface area contributed by atoms with Gasteiger partial charge in [0.1, 0.15) is 0 Å². The zero-order valence-electron chi connectivity index (χ0n) is 16.7. The summed E-state index contributed by atoms with van der Waals surface area (Å²) < 4.78 is 0. The molecular formula is C21H34N4O. The van der Waals surface area contributed by atoms with Gasteiger partial charge in [0.25, 0.3) is 0 Å². The fraction of sp³-hybridized carbons (Fsp3) is 0.619. The molecule has 1 aliphatic carbocycles. The van der Waals surface area contributed by atoms with E-state index in [-0.39, 0.29) is 17.9 Å². The fourth-order valence-electron chi connectivity index (χ4n) is 3.18. The second-order valence-electron chi connectivity index (χ2n) is 7.31. The SMILES string of the molecule is CCNC(=NCCNC(=O)C(C)C)NC(C)c1ccc2c(c1)CCCC2. The van der Waals surface area contributed by atoms with E-state index in [1.807, 2.05) is 13.8 Å². The molecule has 1 aromatic rings. The maximum absolute atomic E-state index is 11.6. The highest BCUT2D eigenvalue weighted by atomic mass is 16.1. The van der Waals surface area contributed by atoms with Crippen LogP contribution in [0.2, 0.25) is 0 Å². The van der Waals surface area contributed by atoms with E-state index in [0.29, 0.717) is 13.1 Å². The number of nitrogens with one attached hydrogen (secondary N) is 3. The van der Waals surface area contributed by atoms with Crippen molar-refractivity contribution in [3.8, 4) is 0 Å². The quantitative estimate of drug-likeness (QED) is 0.399.